The van der Waals surface area contributed by atoms with Gasteiger partial charge in [-0.05, 0) is 31.0 Å². The van der Waals surface area contributed by atoms with Gasteiger partial charge in [0.05, 0.1) is 0 Å². The van der Waals surface area contributed by atoms with E-state index >= 15 is 0 Å². The van der Waals surface area contributed by atoms with Crippen molar-refractivity contribution >= 4 is 39.1 Å². The first-order chi connectivity index (χ1) is 7.13. The minimum absolute atomic E-state index is 0.00593. The third-order valence-corrected chi connectivity index (χ3v) is 3.11. The molecule has 2 nitrogen and oxygen atoms in total. The summed E-state index contributed by atoms with van der Waals surface area (Å²) in [6, 6.07) is 5.74. The topological polar surface area (TPSA) is 29.1 Å². The van der Waals surface area contributed by atoms with Gasteiger partial charge in [0.1, 0.15) is 0 Å². The van der Waals surface area contributed by atoms with Gasteiger partial charge in [0.2, 0.25) is 5.91 Å². The molecule has 15 heavy (non-hydrogen) atoms. The molecular weight excluding hydrogens is 277 g/mol. The van der Waals surface area contributed by atoms with Crippen molar-refractivity contribution in [3.8, 4) is 0 Å². The van der Waals surface area contributed by atoms with Crippen LogP contribution in [0.5, 0.6) is 0 Å². The van der Waals surface area contributed by atoms with Gasteiger partial charge in [-0.2, -0.15) is 0 Å². The fraction of sp³-hybridized carbons (Fsp3) is 0.364. The number of hydrogen-bond acceptors (Lipinski definition) is 1. The van der Waals surface area contributed by atoms with Crippen molar-refractivity contribution in [3.05, 3.63) is 28.2 Å². The second-order valence-electron chi connectivity index (χ2n) is 3.30. The summed E-state index contributed by atoms with van der Waals surface area (Å²) < 4.78 is 0.998. The molecule has 1 N–H and O–H groups in total. The zero-order valence-corrected chi connectivity index (χ0v) is 10.9. The number of anilines is 1. The van der Waals surface area contributed by atoms with Gasteiger partial charge in [0, 0.05) is 22.5 Å². The molecule has 1 rings (SSSR count). The molecule has 0 atom stereocenters. The minimum atomic E-state index is 0.00593. The van der Waals surface area contributed by atoms with E-state index < -0.39 is 0 Å². The predicted molar refractivity (Wildman–Crippen MR) is 67.5 cm³/mol. The van der Waals surface area contributed by atoms with Gasteiger partial charge in [-0.1, -0.05) is 22.0 Å². The summed E-state index contributed by atoms with van der Waals surface area (Å²) >= 11 is 8.92. The normalized spacial score (nSPS) is 10.1. The van der Waals surface area contributed by atoms with Gasteiger partial charge < -0.3 is 5.32 Å². The number of hydrogen-bond donors (Lipinski definition) is 1. The summed E-state index contributed by atoms with van der Waals surface area (Å²) in [5.41, 5.74) is 1.96. The number of alkyl halides is 1. The first kappa shape index (κ1) is 12.5. The smallest absolute Gasteiger partial charge is 0.224 e. The van der Waals surface area contributed by atoms with Crippen LogP contribution in [0.1, 0.15) is 18.4 Å². The van der Waals surface area contributed by atoms with Gasteiger partial charge >= 0.3 is 0 Å². The molecule has 0 aliphatic rings. The average molecular weight is 291 g/mol. The lowest BCUT2D eigenvalue weighted by molar-refractivity contribution is -0.116. The van der Waals surface area contributed by atoms with Gasteiger partial charge in [-0.15, -0.1) is 11.6 Å². The van der Waals surface area contributed by atoms with E-state index in [9.17, 15) is 4.79 Å². The molecular formula is C11H13BrClNO. The van der Waals surface area contributed by atoms with Crippen LogP contribution in [0, 0.1) is 6.92 Å². The zero-order valence-electron chi connectivity index (χ0n) is 8.52. The van der Waals surface area contributed by atoms with Crippen LogP contribution in [-0.4, -0.2) is 11.8 Å². The standard InChI is InChI=1S/C11H13BrClNO/c1-8-4-5-9(7-10(8)12)14-11(15)3-2-6-13/h4-5,7H,2-3,6H2,1H3,(H,14,15). The van der Waals surface area contributed by atoms with Crippen LogP contribution in [0.4, 0.5) is 5.69 Å². The van der Waals surface area contributed by atoms with Crippen molar-refractivity contribution in [1.82, 2.24) is 0 Å². The molecule has 0 unspecified atom stereocenters. The van der Waals surface area contributed by atoms with E-state index in [-0.39, 0.29) is 5.91 Å². The molecule has 0 fully saturated rings. The Morgan fingerprint density at radius 3 is 2.87 bits per heavy atom. The summed E-state index contributed by atoms with van der Waals surface area (Å²) in [5, 5.41) is 2.82. The Hall–Kier alpha value is -0.540. The molecule has 0 aliphatic heterocycles. The number of carbonyl (C=O) groups is 1. The zero-order chi connectivity index (χ0) is 11.3. The number of aryl methyl sites for hydroxylation is 1. The quantitative estimate of drug-likeness (QED) is 0.841. The second kappa shape index (κ2) is 6.13. The summed E-state index contributed by atoms with van der Waals surface area (Å²) in [5.74, 6) is 0.525. The Morgan fingerprint density at radius 1 is 1.53 bits per heavy atom. The number of benzene rings is 1. The van der Waals surface area contributed by atoms with Crippen molar-refractivity contribution in [2.24, 2.45) is 0 Å². The summed E-state index contributed by atoms with van der Waals surface area (Å²) in [4.78, 5) is 11.4. The molecule has 0 aromatic heterocycles. The SMILES string of the molecule is Cc1ccc(NC(=O)CCCCl)cc1Br. The Balaban J connectivity index is 2.57. The summed E-state index contributed by atoms with van der Waals surface area (Å²) in [6.07, 6.45) is 1.18. The predicted octanol–water partition coefficient (Wildman–Crippen LogP) is 3.72. The third kappa shape index (κ3) is 4.22. The highest BCUT2D eigenvalue weighted by atomic mass is 79.9. The second-order valence-corrected chi connectivity index (χ2v) is 4.54. The molecule has 0 heterocycles. The highest BCUT2D eigenvalue weighted by molar-refractivity contribution is 9.10. The monoisotopic (exact) mass is 289 g/mol. The summed E-state index contributed by atoms with van der Waals surface area (Å²) in [6.45, 7) is 2.00. The number of amides is 1. The first-order valence-electron chi connectivity index (χ1n) is 4.75. The Bertz CT molecular complexity index is 354. The van der Waals surface area contributed by atoms with E-state index in [1.165, 1.54) is 0 Å². The van der Waals surface area contributed by atoms with E-state index in [2.05, 4.69) is 21.2 Å². The number of carbonyl (C=O) groups excluding carboxylic acids is 1. The van der Waals surface area contributed by atoms with Crippen LogP contribution in [-0.2, 0) is 4.79 Å². The van der Waals surface area contributed by atoms with Gasteiger partial charge in [-0.25, -0.2) is 0 Å². The van der Waals surface area contributed by atoms with Crippen LogP contribution in [0.3, 0.4) is 0 Å². The molecule has 4 heteroatoms. The Morgan fingerprint density at radius 2 is 2.27 bits per heavy atom. The highest BCUT2D eigenvalue weighted by Crippen LogP contribution is 2.20. The molecule has 0 aliphatic carbocycles. The van der Waals surface area contributed by atoms with Gasteiger partial charge in [0.25, 0.3) is 0 Å². The molecule has 1 amide bonds. The molecule has 0 radical (unpaired) electrons. The fourth-order valence-corrected chi connectivity index (χ4v) is 1.63. The average Bonchev–Trinajstić information content (AvgIpc) is 2.20. The molecule has 82 valence electrons. The van der Waals surface area contributed by atoms with Crippen molar-refractivity contribution in [2.75, 3.05) is 11.2 Å². The van der Waals surface area contributed by atoms with Gasteiger partial charge in [-0.3, -0.25) is 4.79 Å². The maximum atomic E-state index is 11.4. The van der Waals surface area contributed by atoms with E-state index in [1.807, 2.05) is 25.1 Å². The van der Waals surface area contributed by atoms with Crippen LogP contribution in [0.25, 0.3) is 0 Å². The Labute approximate surface area is 103 Å². The highest BCUT2D eigenvalue weighted by Gasteiger charge is 2.02. The maximum absolute atomic E-state index is 11.4. The lowest BCUT2D eigenvalue weighted by Gasteiger charge is -2.06. The largest absolute Gasteiger partial charge is 0.326 e. The van der Waals surface area contributed by atoms with Crippen molar-refractivity contribution in [1.29, 1.82) is 0 Å². The third-order valence-electron chi connectivity index (χ3n) is 1.99. The number of halogens is 2. The lowest BCUT2D eigenvalue weighted by Crippen LogP contribution is -2.11. The van der Waals surface area contributed by atoms with Crippen LogP contribution in [0.2, 0.25) is 0 Å². The Kier molecular flexibility index (Phi) is 5.12. The first-order valence-corrected chi connectivity index (χ1v) is 6.08. The lowest BCUT2D eigenvalue weighted by atomic mass is 10.2. The molecule has 0 saturated carbocycles. The van der Waals surface area contributed by atoms with Crippen LogP contribution < -0.4 is 5.32 Å². The molecule has 1 aromatic carbocycles. The van der Waals surface area contributed by atoms with Gasteiger partial charge in [0.15, 0.2) is 0 Å². The van der Waals surface area contributed by atoms with E-state index in [0.717, 1.165) is 15.7 Å². The molecule has 0 saturated heterocycles. The maximum Gasteiger partial charge on any atom is 0.224 e. The summed E-state index contributed by atoms with van der Waals surface area (Å²) in [7, 11) is 0. The van der Waals surface area contributed by atoms with E-state index in [0.29, 0.717) is 18.7 Å². The molecule has 0 spiro atoms. The van der Waals surface area contributed by atoms with Crippen molar-refractivity contribution in [2.45, 2.75) is 19.8 Å². The van der Waals surface area contributed by atoms with Crippen molar-refractivity contribution in [3.63, 3.8) is 0 Å². The van der Waals surface area contributed by atoms with Crippen molar-refractivity contribution < 1.29 is 4.79 Å². The minimum Gasteiger partial charge on any atom is -0.326 e. The molecule has 0 bridgehead atoms. The van der Waals surface area contributed by atoms with Crippen LogP contribution >= 0.6 is 27.5 Å². The fourth-order valence-electron chi connectivity index (χ4n) is 1.12. The molecule has 1 aromatic rings. The van der Waals surface area contributed by atoms with E-state index in [4.69, 9.17) is 11.6 Å². The van der Waals surface area contributed by atoms with E-state index in [1.54, 1.807) is 0 Å². The number of nitrogens with one attached hydrogen (secondary N) is 1. The number of rotatable bonds is 4. The van der Waals surface area contributed by atoms with Crippen LogP contribution in [0.15, 0.2) is 22.7 Å².